The van der Waals surface area contributed by atoms with Crippen molar-refractivity contribution in [2.24, 2.45) is 0 Å². The van der Waals surface area contributed by atoms with Crippen molar-refractivity contribution < 1.29 is 42.9 Å². The number of carbonyl (C=O) groups excluding carboxylic acids is 2. The minimum absolute atomic E-state index is 0.180. The van der Waals surface area contributed by atoms with Gasteiger partial charge in [-0.05, 0) is 44.9 Å². The quantitative estimate of drug-likeness (QED) is 0.0211. The third kappa shape index (κ3) is 59.4. The zero-order valence-corrected chi connectivity index (χ0v) is 51.2. The van der Waals surface area contributed by atoms with E-state index in [0.717, 1.165) is 51.4 Å². The van der Waals surface area contributed by atoms with E-state index in [4.69, 9.17) is 18.9 Å². The van der Waals surface area contributed by atoms with Crippen LogP contribution in [0.1, 0.15) is 328 Å². The standard InChI is InChI=1S/C67H127NO8/c1-6-8-10-12-14-16-18-20-22-24-25-26-27-28-29-30-31-32-33-34-35-36-37-38-39-40-42-43-45-47-49-51-53-55-57-64(69)74-61-63(62-75-67(66(71)72)73-60-59-68(3,4)5)76-65(70)58-56-54-52-50-48-46-44-41-23-21-19-17-15-13-11-9-7-2/h15,17,21,23,63,67H,6-14,16,18-20,22,24-62H2,1-5H3/p+1/b17-15-,23-21-. The number of rotatable bonds is 62. The second kappa shape index (κ2) is 58.9. The molecular formula is C67H128NO8+. The van der Waals surface area contributed by atoms with Crippen molar-refractivity contribution in [1.29, 1.82) is 0 Å². The van der Waals surface area contributed by atoms with Crippen molar-refractivity contribution in [2.75, 3.05) is 47.5 Å². The highest BCUT2D eigenvalue weighted by molar-refractivity contribution is 5.71. The molecule has 0 aromatic rings. The van der Waals surface area contributed by atoms with E-state index < -0.39 is 24.3 Å². The van der Waals surface area contributed by atoms with Gasteiger partial charge in [0.1, 0.15) is 13.2 Å². The molecule has 0 radical (unpaired) electrons. The Morgan fingerprint density at radius 3 is 1.07 bits per heavy atom. The topological polar surface area (TPSA) is 108 Å². The summed E-state index contributed by atoms with van der Waals surface area (Å²) < 4.78 is 22.9. The number of aliphatic carboxylic acids is 1. The number of esters is 2. The highest BCUT2D eigenvalue weighted by Crippen LogP contribution is 2.18. The highest BCUT2D eigenvalue weighted by Gasteiger charge is 2.25. The molecule has 0 saturated carbocycles. The van der Waals surface area contributed by atoms with Crippen LogP contribution < -0.4 is 0 Å². The van der Waals surface area contributed by atoms with Crippen LogP contribution in [-0.2, 0) is 33.3 Å². The van der Waals surface area contributed by atoms with Gasteiger partial charge >= 0.3 is 17.9 Å². The summed E-state index contributed by atoms with van der Waals surface area (Å²) in [4.78, 5) is 37.5. The zero-order valence-electron chi connectivity index (χ0n) is 51.2. The molecule has 0 fully saturated rings. The number of nitrogens with zero attached hydrogens (tertiary/aromatic N) is 1. The number of carboxylic acids is 1. The molecule has 0 rings (SSSR count). The van der Waals surface area contributed by atoms with Crippen molar-refractivity contribution in [3.05, 3.63) is 24.3 Å². The molecule has 1 N–H and O–H groups in total. The normalized spacial score (nSPS) is 12.8. The van der Waals surface area contributed by atoms with Gasteiger partial charge in [0, 0.05) is 12.8 Å². The molecule has 0 saturated heterocycles. The first-order chi connectivity index (χ1) is 37.1. The van der Waals surface area contributed by atoms with Gasteiger partial charge in [-0.2, -0.15) is 0 Å². The lowest BCUT2D eigenvalue weighted by molar-refractivity contribution is -0.870. The molecule has 76 heavy (non-hydrogen) atoms. The van der Waals surface area contributed by atoms with Gasteiger partial charge in [0.2, 0.25) is 0 Å². The van der Waals surface area contributed by atoms with Crippen LogP contribution >= 0.6 is 0 Å². The SMILES string of the molecule is CCCCC/C=C\C/C=C\CCCCCCCCCC(=O)OC(COC(=O)CCCCCCCCCCCCCCCCCCCCCCCCCCCCCCCCCCCC)COC(OCC[N+](C)(C)C)C(=O)O. The molecule has 0 aliphatic heterocycles. The Hall–Kier alpha value is -2.23. The summed E-state index contributed by atoms with van der Waals surface area (Å²) in [5.41, 5.74) is 0. The predicted octanol–water partition coefficient (Wildman–Crippen LogP) is 19.9. The lowest BCUT2D eigenvalue weighted by Gasteiger charge is -2.25. The van der Waals surface area contributed by atoms with E-state index in [0.29, 0.717) is 23.9 Å². The summed E-state index contributed by atoms with van der Waals surface area (Å²) in [6.45, 7) is 4.90. The van der Waals surface area contributed by atoms with Crippen LogP contribution in [0.2, 0.25) is 0 Å². The molecule has 0 heterocycles. The minimum Gasteiger partial charge on any atom is -0.477 e. The summed E-state index contributed by atoms with van der Waals surface area (Å²) in [6.07, 6.45) is 68.7. The van der Waals surface area contributed by atoms with E-state index in [1.54, 1.807) is 0 Å². The van der Waals surface area contributed by atoms with Crippen LogP contribution in [0.15, 0.2) is 24.3 Å². The maximum Gasteiger partial charge on any atom is 0.361 e. The molecule has 0 aromatic heterocycles. The molecular weight excluding hydrogens is 947 g/mol. The molecule has 448 valence electrons. The van der Waals surface area contributed by atoms with Crippen LogP contribution in [0.4, 0.5) is 0 Å². The summed E-state index contributed by atoms with van der Waals surface area (Å²) in [6, 6.07) is 0. The number of carbonyl (C=O) groups is 3. The predicted molar refractivity (Wildman–Crippen MR) is 323 cm³/mol. The van der Waals surface area contributed by atoms with Crippen LogP contribution in [-0.4, -0.2) is 87.4 Å². The number of hydrogen-bond donors (Lipinski definition) is 1. The molecule has 9 heteroatoms. The molecule has 2 atom stereocenters. The average Bonchev–Trinajstić information content (AvgIpc) is 3.39. The maximum atomic E-state index is 12.9. The van der Waals surface area contributed by atoms with Gasteiger partial charge in [0.25, 0.3) is 6.29 Å². The lowest BCUT2D eigenvalue weighted by atomic mass is 10.0. The Morgan fingerprint density at radius 2 is 0.711 bits per heavy atom. The summed E-state index contributed by atoms with van der Waals surface area (Å²) in [5.74, 6) is -1.99. The van der Waals surface area contributed by atoms with Gasteiger partial charge in [0.05, 0.1) is 34.4 Å². The van der Waals surface area contributed by atoms with Crippen LogP contribution in [0.3, 0.4) is 0 Å². The molecule has 0 aliphatic carbocycles. The van der Waals surface area contributed by atoms with Gasteiger partial charge < -0.3 is 28.5 Å². The van der Waals surface area contributed by atoms with E-state index in [1.807, 2.05) is 21.1 Å². The van der Waals surface area contributed by atoms with Gasteiger partial charge in [-0.15, -0.1) is 0 Å². The van der Waals surface area contributed by atoms with Gasteiger partial charge in [-0.25, -0.2) is 4.79 Å². The summed E-state index contributed by atoms with van der Waals surface area (Å²) in [5, 5.41) is 9.71. The molecule has 0 spiro atoms. The molecule has 0 bridgehead atoms. The Kier molecular flexibility index (Phi) is 57.2. The molecule has 0 aliphatic rings. The Bertz CT molecular complexity index is 1300. The highest BCUT2D eigenvalue weighted by atomic mass is 16.7. The zero-order chi connectivity index (χ0) is 55.5. The summed E-state index contributed by atoms with van der Waals surface area (Å²) in [7, 11) is 5.98. The first-order valence-electron chi connectivity index (χ1n) is 33.0. The molecule has 2 unspecified atom stereocenters. The van der Waals surface area contributed by atoms with E-state index in [1.165, 1.54) is 244 Å². The Labute approximate surface area is 471 Å². The van der Waals surface area contributed by atoms with Crippen LogP contribution in [0, 0.1) is 0 Å². The second-order valence-corrected chi connectivity index (χ2v) is 23.8. The number of unbranched alkanes of at least 4 members (excludes halogenated alkanes) is 43. The first-order valence-corrected chi connectivity index (χ1v) is 33.0. The van der Waals surface area contributed by atoms with E-state index >= 15 is 0 Å². The van der Waals surface area contributed by atoms with E-state index in [-0.39, 0.29) is 32.2 Å². The number of hydrogen-bond acceptors (Lipinski definition) is 7. The first kappa shape index (κ1) is 73.8. The van der Waals surface area contributed by atoms with E-state index in [9.17, 15) is 19.5 Å². The smallest absolute Gasteiger partial charge is 0.361 e. The van der Waals surface area contributed by atoms with Crippen LogP contribution in [0.25, 0.3) is 0 Å². The van der Waals surface area contributed by atoms with Gasteiger partial charge in [0.15, 0.2) is 6.10 Å². The Morgan fingerprint density at radius 1 is 0.395 bits per heavy atom. The number of carboxylic acid groups (broad SMARTS) is 1. The second-order valence-electron chi connectivity index (χ2n) is 23.8. The van der Waals surface area contributed by atoms with Crippen molar-refractivity contribution in [1.82, 2.24) is 0 Å². The maximum absolute atomic E-state index is 12.9. The third-order valence-electron chi connectivity index (χ3n) is 15.0. The summed E-state index contributed by atoms with van der Waals surface area (Å²) >= 11 is 0. The van der Waals surface area contributed by atoms with Crippen molar-refractivity contribution in [3.8, 4) is 0 Å². The number of allylic oxidation sites excluding steroid dienone is 4. The lowest BCUT2D eigenvalue weighted by Crippen LogP contribution is -2.40. The molecule has 0 amide bonds. The minimum atomic E-state index is -1.51. The van der Waals surface area contributed by atoms with E-state index in [2.05, 4.69) is 38.2 Å². The molecule has 0 aromatic carbocycles. The number of likely N-dealkylation sites (N-methyl/N-ethyl adjacent to an activating group) is 1. The largest absolute Gasteiger partial charge is 0.477 e. The van der Waals surface area contributed by atoms with Gasteiger partial charge in [-0.1, -0.05) is 295 Å². The fraction of sp³-hybridized carbons (Fsp3) is 0.896. The van der Waals surface area contributed by atoms with Crippen LogP contribution in [0.5, 0.6) is 0 Å². The molecule has 9 nitrogen and oxygen atoms in total. The van der Waals surface area contributed by atoms with Crippen molar-refractivity contribution >= 4 is 17.9 Å². The fourth-order valence-corrected chi connectivity index (χ4v) is 9.87. The number of quaternary nitrogens is 1. The monoisotopic (exact) mass is 1070 g/mol. The average molecular weight is 1080 g/mol. The van der Waals surface area contributed by atoms with Crippen molar-refractivity contribution in [3.63, 3.8) is 0 Å². The third-order valence-corrected chi connectivity index (χ3v) is 15.0. The van der Waals surface area contributed by atoms with Crippen molar-refractivity contribution in [2.45, 2.75) is 341 Å². The Balaban J connectivity index is 4.00. The fourth-order valence-electron chi connectivity index (χ4n) is 9.87. The number of ether oxygens (including phenoxy) is 4. The van der Waals surface area contributed by atoms with Gasteiger partial charge in [-0.3, -0.25) is 9.59 Å².